The van der Waals surface area contributed by atoms with E-state index in [1.165, 1.54) is 17.7 Å². The van der Waals surface area contributed by atoms with Crippen molar-refractivity contribution in [1.82, 2.24) is 20.8 Å². The number of fused-ring (bicyclic) bond motifs is 1. The molecule has 2 heterocycles. The van der Waals surface area contributed by atoms with E-state index in [1.54, 1.807) is 29.8 Å². The lowest BCUT2D eigenvalue weighted by molar-refractivity contribution is -0.117. The molecule has 4 N–H and O–H groups in total. The maximum atomic E-state index is 13.1. The molecule has 8 nitrogen and oxygen atoms in total. The first-order chi connectivity index (χ1) is 15.6. The molecule has 1 unspecified atom stereocenters. The second-order valence-electron chi connectivity index (χ2n) is 8.79. The van der Waals surface area contributed by atoms with Crippen LogP contribution in [-0.2, 0) is 17.6 Å². The monoisotopic (exact) mass is 470 g/mol. The van der Waals surface area contributed by atoms with Crippen LogP contribution >= 0.6 is 23.6 Å². The number of hydrogen-bond acceptors (Lipinski definition) is 6. The number of rotatable bonds is 7. The molecule has 2 amide bonds. The number of anilines is 2. The van der Waals surface area contributed by atoms with Gasteiger partial charge in [-0.2, -0.15) is 10.2 Å². The highest BCUT2D eigenvalue weighted by Crippen LogP contribution is 2.40. The molecule has 2 saturated carbocycles. The fourth-order valence-electron chi connectivity index (χ4n) is 3.96. The van der Waals surface area contributed by atoms with Crippen molar-refractivity contribution in [1.29, 1.82) is 0 Å². The van der Waals surface area contributed by atoms with Crippen molar-refractivity contribution in [2.45, 2.75) is 51.0 Å². The van der Waals surface area contributed by atoms with Crippen LogP contribution in [0.4, 0.5) is 10.7 Å². The Morgan fingerprint density at radius 2 is 1.97 bits per heavy atom. The Kier molecular flexibility index (Phi) is 6.05. The molecule has 2 aromatic rings. The van der Waals surface area contributed by atoms with Gasteiger partial charge in [-0.1, -0.05) is 0 Å². The van der Waals surface area contributed by atoms with Crippen LogP contribution in [0, 0.1) is 11.8 Å². The minimum absolute atomic E-state index is 0.0332. The largest absolute Gasteiger partial charge is 0.359 e. The molecule has 10 heteroatoms. The van der Waals surface area contributed by atoms with Gasteiger partial charge < -0.3 is 21.3 Å². The van der Waals surface area contributed by atoms with Crippen molar-refractivity contribution in [3.05, 3.63) is 34.5 Å². The van der Waals surface area contributed by atoms with Gasteiger partial charge >= 0.3 is 0 Å². The summed E-state index contributed by atoms with van der Waals surface area (Å²) >= 11 is 7.02. The first-order valence-electron chi connectivity index (χ1n) is 11.1. The van der Waals surface area contributed by atoms with Gasteiger partial charge in [-0.15, -0.1) is 11.3 Å². The van der Waals surface area contributed by atoms with Crippen LogP contribution in [-0.4, -0.2) is 39.7 Å². The van der Waals surface area contributed by atoms with Gasteiger partial charge in [0, 0.05) is 23.4 Å². The van der Waals surface area contributed by atoms with Crippen LogP contribution in [0.3, 0.4) is 0 Å². The van der Waals surface area contributed by atoms with Crippen molar-refractivity contribution in [2.75, 3.05) is 17.2 Å². The second-order valence-corrected chi connectivity index (χ2v) is 10.3. The summed E-state index contributed by atoms with van der Waals surface area (Å²) in [5, 5.41) is 21.5. The molecule has 0 radical (unpaired) electrons. The number of thiocarbonyl (C=S) groups is 1. The lowest BCUT2D eigenvalue weighted by Gasteiger charge is -2.25. The smallest absolute Gasteiger partial charge is 0.254 e. The number of hydrogen-bond donors (Lipinski definition) is 4. The van der Waals surface area contributed by atoms with E-state index in [4.69, 9.17) is 12.2 Å². The molecule has 3 aliphatic rings. The van der Waals surface area contributed by atoms with E-state index in [0.717, 1.165) is 36.9 Å². The summed E-state index contributed by atoms with van der Waals surface area (Å²) in [5.74, 6) is 0.645. The summed E-state index contributed by atoms with van der Waals surface area (Å²) in [5.41, 5.74) is 2.45. The van der Waals surface area contributed by atoms with Gasteiger partial charge in [0.15, 0.2) is 5.11 Å². The van der Waals surface area contributed by atoms with Crippen molar-refractivity contribution in [2.24, 2.45) is 11.8 Å². The van der Waals surface area contributed by atoms with Crippen LogP contribution in [0.2, 0.25) is 0 Å². The fraction of sp³-hybridized carbons (Fsp3) is 0.500. The van der Waals surface area contributed by atoms with Gasteiger partial charge in [-0.25, -0.2) is 0 Å². The minimum atomic E-state index is -0.0790. The molecule has 0 spiro atoms. The SMILES string of the molecule is O=C(NCC1CC1)c1c(NC(=O)C2CC2)sc2c1CC(NC(=S)Nc1ccnnc1)CC2. The highest BCUT2D eigenvalue weighted by atomic mass is 32.1. The Labute approximate surface area is 196 Å². The zero-order chi connectivity index (χ0) is 22.1. The van der Waals surface area contributed by atoms with Crippen LogP contribution in [0.5, 0.6) is 0 Å². The molecule has 0 aliphatic heterocycles. The number of nitrogens with zero attached hydrogens (tertiary/aromatic N) is 2. The summed E-state index contributed by atoms with van der Waals surface area (Å²) in [4.78, 5) is 26.8. The second kappa shape index (κ2) is 9.11. The summed E-state index contributed by atoms with van der Waals surface area (Å²) in [6.07, 6.45) is 9.88. The van der Waals surface area contributed by atoms with Crippen molar-refractivity contribution >= 4 is 51.2 Å². The normalized spacial score (nSPS) is 19.6. The van der Waals surface area contributed by atoms with Crippen LogP contribution in [0.15, 0.2) is 18.5 Å². The number of carbonyl (C=O) groups is 2. The highest BCUT2D eigenvalue weighted by Gasteiger charge is 2.34. The lowest BCUT2D eigenvalue weighted by atomic mass is 9.91. The Morgan fingerprint density at radius 1 is 1.12 bits per heavy atom. The van der Waals surface area contributed by atoms with E-state index in [9.17, 15) is 9.59 Å². The molecular formula is C22H26N6O2S2. The number of amides is 2. The summed E-state index contributed by atoms with van der Waals surface area (Å²) in [7, 11) is 0. The molecule has 2 fully saturated rings. The molecule has 32 heavy (non-hydrogen) atoms. The van der Waals surface area contributed by atoms with E-state index in [2.05, 4.69) is 31.5 Å². The summed E-state index contributed by atoms with van der Waals surface area (Å²) in [6, 6.07) is 1.91. The number of nitrogens with one attached hydrogen (secondary N) is 4. The maximum Gasteiger partial charge on any atom is 0.254 e. The molecule has 0 aromatic carbocycles. The summed E-state index contributed by atoms with van der Waals surface area (Å²) in [6.45, 7) is 0.703. The van der Waals surface area contributed by atoms with E-state index < -0.39 is 0 Å². The average molecular weight is 471 g/mol. The highest BCUT2D eigenvalue weighted by molar-refractivity contribution is 7.80. The Morgan fingerprint density at radius 3 is 2.69 bits per heavy atom. The summed E-state index contributed by atoms with van der Waals surface area (Å²) < 4.78 is 0. The van der Waals surface area contributed by atoms with Gasteiger partial charge in [0.05, 0.1) is 23.6 Å². The van der Waals surface area contributed by atoms with Crippen LogP contribution in [0.1, 0.15) is 52.9 Å². The fourth-order valence-corrected chi connectivity index (χ4v) is 5.49. The zero-order valence-corrected chi connectivity index (χ0v) is 19.3. The standard InChI is InChI=1S/C22H26N6O2S2/c29-19(13-3-4-13)28-21-18(20(30)23-10-12-1-2-12)16-9-14(5-6-17(16)32-21)26-22(31)27-15-7-8-24-25-11-15/h7-8,11-14H,1-6,9-10H2,(H,23,30)(H,28,29)(H2,24,26,27,31). The van der Waals surface area contributed by atoms with Gasteiger partial charge in [0.2, 0.25) is 5.91 Å². The number of aromatic nitrogens is 2. The van der Waals surface area contributed by atoms with Crippen molar-refractivity contribution in [3.63, 3.8) is 0 Å². The average Bonchev–Trinajstić information content (AvgIpc) is 3.69. The Bertz CT molecular complexity index is 1030. The molecule has 3 aliphatic carbocycles. The zero-order valence-electron chi connectivity index (χ0n) is 17.6. The molecule has 5 rings (SSSR count). The Hall–Kier alpha value is -2.59. The first kappa shape index (κ1) is 21.3. The van der Waals surface area contributed by atoms with Crippen LogP contribution < -0.4 is 21.3 Å². The number of aryl methyl sites for hydroxylation is 1. The van der Waals surface area contributed by atoms with Crippen LogP contribution in [0.25, 0.3) is 0 Å². The predicted octanol–water partition coefficient (Wildman–Crippen LogP) is 2.87. The molecule has 168 valence electrons. The lowest BCUT2D eigenvalue weighted by Crippen LogP contribution is -2.41. The van der Waals surface area contributed by atoms with Crippen molar-refractivity contribution in [3.8, 4) is 0 Å². The number of carbonyl (C=O) groups excluding carboxylic acids is 2. The third-order valence-corrected chi connectivity index (χ3v) is 7.53. The maximum absolute atomic E-state index is 13.1. The molecule has 2 aromatic heterocycles. The van der Waals surface area contributed by atoms with Gasteiger partial charge in [0.25, 0.3) is 5.91 Å². The third-order valence-electron chi connectivity index (χ3n) is 6.10. The quantitative estimate of drug-likeness (QED) is 0.461. The molecule has 1 atom stereocenters. The van der Waals surface area contributed by atoms with E-state index in [0.29, 0.717) is 34.6 Å². The third kappa shape index (κ3) is 5.07. The van der Waals surface area contributed by atoms with Gasteiger partial charge in [-0.05, 0) is 74.7 Å². The topological polar surface area (TPSA) is 108 Å². The van der Waals surface area contributed by atoms with E-state index >= 15 is 0 Å². The molecule has 0 bridgehead atoms. The Balaban J connectivity index is 1.31. The number of thiophene rings is 1. The predicted molar refractivity (Wildman–Crippen MR) is 128 cm³/mol. The first-order valence-corrected chi connectivity index (χ1v) is 12.4. The van der Waals surface area contributed by atoms with Crippen molar-refractivity contribution < 1.29 is 9.59 Å². The van der Waals surface area contributed by atoms with Gasteiger partial charge in [0.1, 0.15) is 5.00 Å². The molecule has 0 saturated heterocycles. The van der Waals surface area contributed by atoms with Gasteiger partial charge in [-0.3, -0.25) is 9.59 Å². The van der Waals surface area contributed by atoms with E-state index in [-0.39, 0.29) is 23.8 Å². The molecular weight excluding hydrogens is 444 g/mol. The van der Waals surface area contributed by atoms with E-state index in [1.807, 2.05) is 0 Å². The minimum Gasteiger partial charge on any atom is -0.359 e.